The van der Waals surface area contributed by atoms with Crippen LogP contribution in [0.3, 0.4) is 0 Å². The van der Waals surface area contributed by atoms with Crippen LogP contribution in [0, 0.1) is 0 Å². The molecule has 0 radical (unpaired) electrons. The fraction of sp³-hybridized carbons (Fsp3) is 0.381. The fourth-order valence-corrected chi connectivity index (χ4v) is 3.62. The van der Waals surface area contributed by atoms with Crippen LogP contribution in [0.2, 0.25) is 0 Å². The second kappa shape index (κ2) is 7.88. The number of anilines is 2. The lowest BCUT2D eigenvalue weighted by atomic mass is 10.0. The maximum absolute atomic E-state index is 11.8. The van der Waals surface area contributed by atoms with E-state index in [2.05, 4.69) is 14.9 Å². The zero-order chi connectivity index (χ0) is 20.3. The van der Waals surface area contributed by atoms with E-state index in [9.17, 15) is 9.90 Å². The second-order valence-electron chi connectivity index (χ2n) is 7.97. The van der Waals surface area contributed by atoms with Gasteiger partial charge in [0.05, 0.1) is 11.7 Å². The predicted molar refractivity (Wildman–Crippen MR) is 112 cm³/mol. The standard InChI is InChI=1S/C21H27N5O2/c1-21(2,3)26(20(27)28)17-11-12-25(14-17)18-13-16(23-19(22)24-18)10-9-15-7-5-4-6-8-15/h4-10,13,17H,11-12,14H2,1-3H3,(H,27,28)(H2,22,23,24). The molecule has 7 heteroatoms. The summed E-state index contributed by atoms with van der Waals surface area (Å²) in [5.41, 5.74) is 7.26. The highest BCUT2D eigenvalue weighted by molar-refractivity contribution is 5.70. The molecule has 1 saturated heterocycles. The number of nitrogens with zero attached hydrogens (tertiary/aromatic N) is 4. The van der Waals surface area contributed by atoms with E-state index in [-0.39, 0.29) is 12.0 Å². The molecule has 3 N–H and O–H groups in total. The molecule has 148 valence electrons. The van der Waals surface area contributed by atoms with Crippen LogP contribution in [0.5, 0.6) is 0 Å². The molecule has 7 nitrogen and oxygen atoms in total. The summed E-state index contributed by atoms with van der Waals surface area (Å²) in [6.45, 7) is 7.06. The number of aromatic nitrogens is 2. The lowest BCUT2D eigenvalue weighted by Crippen LogP contribution is -2.52. The number of hydrogen-bond acceptors (Lipinski definition) is 5. The molecule has 3 rings (SSSR count). The molecule has 0 spiro atoms. The summed E-state index contributed by atoms with van der Waals surface area (Å²) in [4.78, 5) is 24.0. The van der Waals surface area contributed by atoms with E-state index in [0.29, 0.717) is 6.54 Å². The quantitative estimate of drug-likeness (QED) is 0.840. The first-order valence-electron chi connectivity index (χ1n) is 9.39. The maximum Gasteiger partial charge on any atom is 0.408 e. The summed E-state index contributed by atoms with van der Waals surface area (Å²) in [6, 6.07) is 11.8. The van der Waals surface area contributed by atoms with Gasteiger partial charge in [-0.05, 0) is 38.8 Å². The molecule has 1 atom stereocenters. The highest BCUT2D eigenvalue weighted by Crippen LogP contribution is 2.27. The van der Waals surface area contributed by atoms with E-state index in [1.165, 1.54) is 4.90 Å². The van der Waals surface area contributed by atoms with Gasteiger partial charge in [0.15, 0.2) is 0 Å². The average Bonchev–Trinajstić information content (AvgIpc) is 3.08. The van der Waals surface area contributed by atoms with Crippen LogP contribution in [-0.2, 0) is 0 Å². The maximum atomic E-state index is 11.8. The van der Waals surface area contributed by atoms with E-state index < -0.39 is 11.6 Å². The third-order valence-corrected chi connectivity index (χ3v) is 4.78. The van der Waals surface area contributed by atoms with Crippen LogP contribution in [0.15, 0.2) is 36.4 Å². The first-order chi connectivity index (χ1) is 13.2. The van der Waals surface area contributed by atoms with Gasteiger partial charge in [-0.15, -0.1) is 0 Å². The summed E-state index contributed by atoms with van der Waals surface area (Å²) in [6.07, 6.45) is 3.74. The Balaban J connectivity index is 1.78. The molecule has 2 aromatic rings. The minimum Gasteiger partial charge on any atom is -0.465 e. The van der Waals surface area contributed by atoms with Gasteiger partial charge in [0, 0.05) is 24.7 Å². The van der Waals surface area contributed by atoms with Crippen LogP contribution in [-0.4, -0.2) is 50.7 Å². The molecule has 1 amide bonds. The van der Waals surface area contributed by atoms with Gasteiger partial charge in [0.25, 0.3) is 0 Å². The topological polar surface area (TPSA) is 95.6 Å². The summed E-state index contributed by atoms with van der Waals surface area (Å²) < 4.78 is 0. The number of carbonyl (C=O) groups is 1. The van der Waals surface area contributed by atoms with Gasteiger partial charge in [0.1, 0.15) is 5.82 Å². The van der Waals surface area contributed by atoms with Gasteiger partial charge in [-0.1, -0.05) is 36.4 Å². The predicted octanol–water partition coefficient (Wildman–Crippen LogP) is 3.59. The highest BCUT2D eigenvalue weighted by atomic mass is 16.4. The summed E-state index contributed by atoms with van der Waals surface area (Å²) in [7, 11) is 0. The van der Waals surface area contributed by atoms with Crippen molar-refractivity contribution >= 4 is 30.0 Å². The van der Waals surface area contributed by atoms with E-state index in [4.69, 9.17) is 5.73 Å². The fourth-order valence-electron chi connectivity index (χ4n) is 3.62. The van der Waals surface area contributed by atoms with Crippen molar-refractivity contribution in [2.24, 2.45) is 0 Å². The molecule has 0 bridgehead atoms. The molecule has 1 fully saturated rings. The SMILES string of the molecule is CC(C)(C)N(C(=O)O)C1CCN(c2cc(C=Cc3ccccc3)nc(N)n2)C1. The third-order valence-electron chi connectivity index (χ3n) is 4.78. The van der Waals surface area contributed by atoms with Crippen molar-refractivity contribution in [1.82, 2.24) is 14.9 Å². The Morgan fingerprint density at radius 1 is 1.25 bits per heavy atom. The Morgan fingerprint density at radius 3 is 2.61 bits per heavy atom. The normalized spacial score (nSPS) is 17.2. The molecular weight excluding hydrogens is 354 g/mol. The van der Waals surface area contributed by atoms with Crippen LogP contribution in [0.25, 0.3) is 12.2 Å². The van der Waals surface area contributed by atoms with Crippen LogP contribution in [0.1, 0.15) is 38.4 Å². The van der Waals surface area contributed by atoms with Crippen molar-refractivity contribution in [3.05, 3.63) is 47.7 Å². The zero-order valence-electron chi connectivity index (χ0n) is 16.5. The first-order valence-corrected chi connectivity index (χ1v) is 9.39. The molecule has 1 aliphatic heterocycles. The van der Waals surface area contributed by atoms with E-state index in [1.807, 2.05) is 69.3 Å². The smallest absolute Gasteiger partial charge is 0.408 e. The summed E-state index contributed by atoms with van der Waals surface area (Å²) in [5, 5.41) is 9.65. The highest BCUT2D eigenvalue weighted by Gasteiger charge is 2.37. The average molecular weight is 381 g/mol. The molecule has 0 saturated carbocycles. The number of nitrogen functional groups attached to an aromatic ring is 1. The van der Waals surface area contributed by atoms with Crippen LogP contribution < -0.4 is 10.6 Å². The molecule has 0 aliphatic carbocycles. The van der Waals surface area contributed by atoms with Gasteiger partial charge in [-0.2, -0.15) is 4.98 Å². The van der Waals surface area contributed by atoms with Crippen molar-refractivity contribution in [3.63, 3.8) is 0 Å². The lowest BCUT2D eigenvalue weighted by molar-refractivity contribution is 0.0763. The Morgan fingerprint density at radius 2 is 1.96 bits per heavy atom. The lowest BCUT2D eigenvalue weighted by Gasteiger charge is -2.37. The number of nitrogens with two attached hydrogens (primary N) is 1. The van der Waals surface area contributed by atoms with Crippen LogP contribution >= 0.6 is 0 Å². The van der Waals surface area contributed by atoms with E-state index in [1.54, 1.807) is 0 Å². The summed E-state index contributed by atoms with van der Waals surface area (Å²) >= 11 is 0. The number of hydrogen-bond donors (Lipinski definition) is 2. The van der Waals surface area contributed by atoms with Crippen molar-refractivity contribution in [3.8, 4) is 0 Å². The Bertz CT molecular complexity index is 861. The number of benzene rings is 1. The molecule has 28 heavy (non-hydrogen) atoms. The number of amides is 1. The zero-order valence-corrected chi connectivity index (χ0v) is 16.5. The number of rotatable bonds is 4. The van der Waals surface area contributed by atoms with Gasteiger partial charge in [-0.3, -0.25) is 4.90 Å². The van der Waals surface area contributed by atoms with Crippen molar-refractivity contribution in [2.75, 3.05) is 23.7 Å². The third kappa shape index (κ3) is 4.60. The molecule has 1 aromatic carbocycles. The van der Waals surface area contributed by atoms with Gasteiger partial charge >= 0.3 is 6.09 Å². The van der Waals surface area contributed by atoms with Crippen molar-refractivity contribution in [2.45, 2.75) is 38.8 Å². The first kappa shape index (κ1) is 19.7. The molecule has 1 aliphatic rings. The van der Waals surface area contributed by atoms with Gasteiger partial charge in [0.2, 0.25) is 5.95 Å². The molecule has 1 aromatic heterocycles. The van der Waals surface area contributed by atoms with Gasteiger partial charge < -0.3 is 15.7 Å². The minimum absolute atomic E-state index is 0.0861. The monoisotopic (exact) mass is 381 g/mol. The largest absolute Gasteiger partial charge is 0.465 e. The Labute approximate surface area is 165 Å². The summed E-state index contributed by atoms with van der Waals surface area (Å²) in [5.74, 6) is 0.932. The molecule has 2 heterocycles. The molecular formula is C21H27N5O2. The Hall–Kier alpha value is -3.09. The van der Waals surface area contributed by atoms with E-state index in [0.717, 1.165) is 30.0 Å². The molecule has 1 unspecified atom stereocenters. The van der Waals surface area contributed by atoms with Gasteiger partial charge in [-0.25, -0.2) is 9.78 Å². The second-order valence-corrected chi connectivity index (χ2v) is 7.97. The van der Waals surface area contributed by atoms with Crippen molar-refractivity contribution in [1.29, 1.82) is 0 Å². The van der Waals surface area contributed by atoms with E-state index >= 15 is 0 Å². The van der Waals surface area contributed by atoms with Crippen LogP contribution in [0.4, 0.5) is 16.6 Å². The van der Waals surface area contributed by atoms with Crippen molar-refractivity contribution < 1.29 is 9.90 Å². The number of carboxylic acid groups (broad SMARTS) is 1. The minimum atomic E-state index is -0.895. The Kier molecular flexibility index (Phi) is 5.53.